The summed E-state index contributed by atoms with van der Waals surface area (Å²) in [6, 6.07) is 11.5. The second-order valence-corrected chi connectivity index (χ2v) is 6.51. The van der Waals surface area contributed by atoms with Crippen molar-refractivity contribution in [2.24, 2.45) is 5.92 Å². The van der Waals surface area contributed by atoms with Gasteiger partial charge in [-0.3, -0.25) is 9.48 Å². The first-order valence-corrected chi connectivity index (χ1v) is 8.93. The molecule has 1 aliphatic heterocycles. The Hall–Kier alpha value is -2.96. The van der Waals surface area contributed by atoms with Crippen LogP contribution in [0.15, 0.2) is 47.0 Å². The molecule has 2 aromatic heterocycles. The molecular weight excluding hydrogens is 330 g/mol. The Morgan fingerprint density at radius 3 is 2.88 bits per heavy atom. The number of likely N-dealkylation sites (tertiary alicyclic amines) is 1. The first-order valence-electron chi connectivity index (χ1n) is 8.93. The normalized spacial score (nSPS) is 17.0. The summed E-state index contributed by atoms with van der Waals surface area (Å²) in [5.74, 6) is 1.54. The number of carbonyl (C=O) groups excluding carboxylic acids is 1. The van der Waals surface area contributed by atoms with Crippen molar-refractivity contribution in [1.82, 2.24) is 24.9 Å². The van der Waals surface area contributed by atoms with E-state index < -0.39 is 0 Å². The third-order valence-electron chi connectivity index (χ3n) is 4.76. The molecule has 1 aliphatic rings. The van der Waals surface area contributed by atoms with Crippen LogP contribution in [0.5, 0.6) is 0 Å². The quantitative estimate of drug-likeness (QED) is 0.706. The largest absolute Gasteiger partial charge is 0.421 e. The lowest BCUT2D eigenvalue weighted by Crippen LogP contribution is -2.30. The lowest BCUT2D eigenvalue weighted by atomic mass is 10.1. The number of nitrogens with zero attached hydrogens (tertiary/aromatic N) is 5. The van der Waals surface area contributed by atoms with Gasteiger partial charge in [-0.2, -0.15) is 5.10 Å². The highest BCUT2D eigenvalue weighted by molar-refractivity contribution is 5.92. The third-order valence-corrected chi connectivity index (χ3v) is 4.76. The fourth-order valence-electron chi connectivity index (χ4n) is 3.39. The molecule has 3 heterocycles. The Kier molecular flexibility index (Phi) is 4.51. The SMILES string of the molecule is CCn1nccc1C(=O)N1CCC(Cc2nnc(-c3ccccc3)o2)C1. The van der Waals surface area contributed by atoms with Gasteiger partial charge < -0.3 is 9.32 Å². The molecule has 4 rings (SSSR count). The summed E-state index contributed by atoms with van der Waals surface area (Å²) in [5.41, 5.74) is 1.57. The van der Waals surface area contributed by atoms with E-state index in [0.717, 1.165) is 18.5 Å². The summed E-state index contributed by atoms with van der Waals surface area (Å²) in [7, 11) is 0. The average Bonchev–Trinajstić information content (AvgIpc) is 3.43. The lowest BCUT2D eigenvalue weighted by Gasteiger charge is -2.16. The first-order chi connectivity index (χ1) is 12.7. The van der Waals surface area contributed by atoms with E-state index in [2.05, 4.69) is 15.3 Å². The number of carbonyl (C=O) groups is 1. The molecule has 7 nitrogen and oxygen atoms in total. The summed E-state index contributed by atoms with van der Waals surface area (Å²) in [4.78, 5) is 14.6. The fraction of sp³-hybridized carbons (Fsp3) is 0.368. The van der Waals surface area contributed by atoms with Crippen LogP contribution in [0.1, 0.15) is 29.7 Å². The zero-order chi connectivity index (χ0) is 17.9. The molecule has 0 N–H and O–H groups in total. The van der Waals surface area contributed by atoms with Gasteiger partial charge in [0.25, 0.3) is 5.91 Å². The maximum Gasteiger partial charge on any atom is 0.272 e. The smallest absolute Gasteiger partial charge is 0.272 e. The Bertz CT molecular complexity index is 886. The number of amides is 1. The van der Waals surface area contributed by atoms with Crippen LogP contribution in [0.25, 0.3) is 11.5 Å². The second-order valence-electron chi connectivity index (χ2n) is 6.51. The number of aromatic nitrogens is 4. The Labute approximate surface area is 151 Å². The van der Waals surface area contributed by atoms with E-state index in [4.69, 9.17) is 4.42 Å². The molecule has 26 heavy (non-hydrogen) atoms. The van der Waals surface area contributed by atoms with Crippen molar-refractivity contribution in [1.29, 1.82) is 0 Å². The summed E-state index contributed by atoms with van der Waals surface area (Å²) >= 11 is 0. The Morgan fingerprint density at radius 1 is 1.23 bits per heavy atom. The molecule has 1 atom stereocenters. The highest BCUT2D eigenvalue weighted by Crippen LogP contribution is 2.24. The van der Waals surface area contributed by atoms with Crippen LogP contribution >= 0.6 is 0 Å². The van der Waals surface area contributed by atoms with Crippen molar-refractivity contribution in [2.45, 2.75) is 26.3 Å². The van der Waals surface area contributed by atoms with Gasteiger partial charge in [-0.1, -0.05) is 18.2 Å². The number of hydrogen-bond donors (Lipinski definition) is 0. The van der Waals surface area contributed by atoms with Crippen LogP contribution in [-0.4, -0.2) is 43.9 Å². The molecule has 0 bridgehead atoms. The standard InChI is InChI=1S/C19H21N5O2/c1-2-24-16(8-10-20-24)19(25)23-11-9-14(13-23)12-17-21-22-18(26-17)15-6-4-3-5-7-15/h3-8,10,14H,2,9,11-13H2,1H3. The summed E-state index contributed by atoms with van der Waals surface area (Å²) in [6.45, 7) is 4.13. The third kappa shape index (κ3) is 3.24. The summed E-state index contributed by atoms with van der Waals surface area (Å²) < 4.78 is 7.53. The van der Waals surface area contributed by atoms with Crippen LogP contribution in [-0.2, 0) is 13.0 Å². The zero-order valence-electron chi connectivity index (χ0n) is 14.7. The number of rotatable bonds is 5. The van der Waals surface area contributed by atoms with Crippen LogP contribution in [0.4, 0.5) is 0 Å². The average molecular weight is 351 g/mol. The minimum Gasteiger partial charge on any atom is -0.421 e. The van der Waals surface area contributed by atoms with Gasteiger partial charge >= 0.3 is 0 Å². The van der Waals surface area contributed by atoms with E-state index in [1.54, 1.807) is 16.9 Å². The molecule has 0 saturated carbocycles. The van der Waals surface area contributed by atoms with Crippen LogP contribution < -0.4 is 0 Å². The molecular formula is C19H21N5O2. The van der Waals surface area contributed by atoms with E-state index in [0.29, 0.717) is 42.9 Å². The van der Waals surface area contributed by atoms with Gasteiger partial charge in [0.05, 0.1) is 0 Å². The minimum absolute atomic E-state index is 0.0438. The van der Waals surface area contributed by atoms with Crippen molar-refractivity contribution in [3.63, 3.8) is 0 Å². The maximum atomic E-state index is 12.7. The summed E-state index contributed by atoms with van der Waals surface area (Å²) in [6.07, 6.45) is 3.31. The topological polar surface area (TPSA) is 77.1 Å². The van der Waals surface area contributed by atoms with E-state index in [9.17, 15) is 4.79 Å². The predicted molar refractivity (Wildman–Crippen MR) is 95.3 cm³/mol. The zero-order valence-corrected chi connectivity index (χ0v) is 14.7. The van der Waals surface area contributed by atoms with Gasteiger partial charge in [0.1, 0.15) is 5.69 Å². The molecule has 7 heteroatoms. The molecule has 3 aromatic rings. The van der Waals surface area contributed by atoms with Crippen molar-refractivity contribution in [2.75, 3.05) is 13.1 Å². The van der Waals surface area contributed by atoms with E-state index >= 15 is 0 Å². The molecule has 1 saturated heterocycles. The number of benzene rings is 1. The molecule has 1 amide bonds. The molecule has 0 aliphatic carbocycles. The van der Waals surface area contributed by atoms with Crippen molar-refractivity contribution >= 4 is 5.91 Å². The molecule has 0 spiro atoms. The van der Waals surface area contributed by atoms with Crippen LogP contribution in [0.3, 0.4) is 0 Å². The Morgan fingerprint density at radius 2 is 2.08 bits per heavy atom. The molecule has 134 valence electrons. The minimum atomic E-state index is 0.0438. The maximum absolute atomic E-state index is 12.7. The van der Waals surface area contributed by atoms with E-state index in [1.165, 1.54) is 0 Å². The number of aryl methyl sites for hydroxylation is 1. The number of hydrogen-bond acceptors (Lipinski definition) is 5. The van der Waals surface area contributed by atoms with Gasteiger partial charge in [-0.25, -0.2) is 0 Å². The predicted octanol–water partition coefficient (Wildman–Crippen LogP) is 2.66. The van der Waals surface area contributed by atoms with Gasteiger partial charge in [0.15, 0.2) is 0 Å². The van der Waals surface area contributed by atoms with Crippen molar-refractivity contribution < 1.29 is 9.21 Å². The summed E-state index contributed by atoms with van der Waals surface area (Å²) in [5, 5.41) is 12.5. The molecule has 1 unspecified atom stereocenters. The highest BCUT2D eigenvalue weighted by Gasteiger charge is 2.29. The molecule has 0 radical (unpaired) electrons. The monoisotopic (exact) mass is 351 g/mol. The van der Waals surface area contributed by atoms with Gasteiger partial charge in [-0.05, 0) is 37.5 Å². The van der Waals surface area contributed by atoms with Crippen LogP contribution in [0, 0.1) is 5.92 Å². The van der Waals surface area contributed by atoms with Gasteiger partial charge in [0.2, 0.25) is 11.8 Å². The second kappa shape index (κ2) is 7.11. The first kappa shape index (κ1) is 16.5. The van der Waals surface area contributed by atoms with E-state index in [1.807, 2.05) is 42.2 Å². The fourth-order valence-corrected chi connectivity index (χ4v) is 3.39. The van der Waals surface area contributed by atoms with Crippen molar-refractivity contribution in [3.05, 3.63) is 54.2 Å². The van der Waals surface area contributed by atoms with Crippen LogP contribution in [0.2, 0.25) is 0 Å². The highest BCUT2D eigenvalue weighted by atomic mass is 16.4. The lowest BCUT2D eigenvalue weighted by molar-refractivity contribution is 0.0774. The molecule has 1 fully saturated rings. The van der Waals surface area contributed by atoms with Gasteiger partial charge in [-0.15, -0.1) is 10.2 Å². The van der Waals surface area contributed by atoms with Gasteiger partial charge in [0, 0.05) is 37.8 Å². The van der Waals surface area contributed by atoms with Crippen molar-refractivity contribution in [3.8, 4) is 11.5 Å². The molecule has 1 aromatic carbocycles. The van der Waals surface area contributed by atoms with E-state index in [-0.39, 0.29) is 5.91 Å². The Balaban J connectivity index is 1.39.